The summed E-state index contributed by atoms with van der Waals surface area (Å²) in [6.07, 6.45) is 3.97. The van der Waals surface area contributed by atoms with Crippen molar-refractivity contribution in [3.63, 3.8) is 0 Å². The lowest BCUT2D eigenvalue weighted by Gasteiger charge is -2.51. The molecule has 1 saturated heterocycles. The molecule has 0 radical (unpaired) electrons. The number of amides is 1. The molecular weight excluding hydrogens is 468 g/mol. The van der Waals surface area contributed by atoms with Gasteiger partial charge in [0.2, 0.25) is 5.91 Å². The Morgan fingerprint density at radius 3 is 2.59 bits per heavy atom. The zero-order valence-electron chi connectivity index (χ0n) is 20.0. The molecule has 4 rings (SSSR count). The molecule has 1 aromatic carbocycles. The lowest BCUT2D eigenvalue weighted by Crippen LogP contribution is -2.59. The molecule has 2 N–H and O–H groups in total. The molecule has 6 nitrogen and oxygen atoms in total. The first kappa shape index (κ1) is 24.6. The van der Waals surface area contributed by atoms with Crippen molar-refractivity contribution in [3.05, 3.63) is 64.8 Å². The van der Waals surface area contributed by atoms with Crippen LogP contribution in [0.4, 0.5) is 5.13 Å². The number of aliphatic hydroxyl groups is 1. The van der Waals surface area contributed by atoms with Crippen LogP contribution in [0.1, 0.15) is 39.7 Å². The summed E-state index contributed by atoms with van der Waals surface area (Å²) in [7, 11) is 0. The van der Waals surface area contributed by atoms with Gasteiger partial charge < -0.3 is 15.3 Å². The molecule has 0 spiro atoms. The highest BCUT2D eigenvalue weighted by molar-refractivity contribution is 7.14. The van der Waals surface area contributed by atoms with Crippen LogP contribution in [0, 0.1) is 11.3 Å². The van der Waals surface area contributed by atoms with Gasteiger partial charge in [0.25, 0.3) is 0 Å². The lowest BCUT2D eigenvalue weighted by molar-refractivity contribution is -0.154. The number of thiazole rings is 1. The molecular formula is C26H31ClN4O2S. The minimum absolute atomic E-state index is 0.0272. The number of piperidine rings is 1. The molecule has 8 heteroatoms. The van der Waals surface area contributed by atoms with E-state index in [1.54, 1.807) is 24.5 Å². The predicted octanol–water partition coefficient (Wildman–Crippen LogP) is 5.44. The van der Waals surface area contributed by atoms with Gasteiger partial charge in [-0.1, -0.05) is 51.4 Å². The molecule has 1 amide bonds. The van der Waals surface area contributed by atoms with Gasteiger partial charge >= 0.3 is 0 Å². The van der Waals surface area contributed by atoms with Gasteiger partial charge in [-0.3, -0.25) is 9.78 Å². The summed E-state index contributed by atoms with van der Waals surface area (Å²) in [4.78, 5) is 24.3. The minimum Gasteiger partial charge on any atom is -0.384 e. The molecule has 34 heavy (non-hydrogen) atoms. The topological polar surface area (TPSA) is 78.4 Å². The van der Waals surface area contributed by atoms with Gasteiger partial charge in [-0.25, -0.2) is 4.98 Å². The number of halogens is 1. The fraction of sp³-hybridized carbons (Fsp3) is 0.423. The van der Waals surface area contributed by atoms with Gasteiger partial charge in [0, 0.05) is 46.9 Å². The molecule has 180 valence electrons. The SMILES string of the molecule is CC(C)[C@@H](Nc1nc(-c2cccnc2)cs1)C(=O)N1CC[C@](O)(c2ccc(Cl)cc2)C(C)(C)C1. The van der Waals surface area contributed by atoms with Gasteiger partial charge in [-0.2, -0.15) is 0 Å². The number of anilines is 1. The van der Waals surface area contributed by atoms with Gasteiger partial charge in [0.15, 0.2) is 5.13 Å². The fourth-order valence-electron chi connectivity index (χ4n) is 4.60. The highest BCUT2D eigenvalue weighted by atomic mass is 35.5. The van der Waals surface area contributed by atoms with E-state index in [1.165, 1.54) is 11.3 Å². The van der Waals surface area contributed by atoms with Crippen LogP contribution in [-0.2, 0) is 10.4 Å². The third kappa shape index (κ3) is 4.83. The third-order valence-electron chi connectivity index (χ3n) is 6.76. The van der Waals surface area contributed by atoms with E-state index in [4.69, 9.17) is 11.6 Å². The number of rotatable bonds is 6. The number of aromatic nitrogens is 2. The fourth-order valence-corrected chi connectivity index (χ4v) is 5.49. The van der Waals surface area contributed by atoms with Gasteiger partial charge in [0.1, 0.15) is 6.04 Å². The molecule has 3 aromatic rings. The number of pyridine rings is 1. The van der Waals surface area contributed by atoms with Crippen molar-refractivity contribution in [2.45, 2.75) is 45.8 Å². The van der Waals surface area contributed by atoms with Crippen molar-refractivity contribution in [2.75, 3.05) is 18.4 Å². The van der Waals surface area contributed by atoms with Crippen molar-refractivity contribution in [1.29, 1.82) is 0 Å². The Kier molecular flexibility index (Phi) is 6.99. The van der Waals surface area contributed by atoms with Crippen molar-refractivity contribution < 1.29 is 9.90 Å². The number of benzene rings is 1. The van der Waals surface area contributed by atoms with E-state index in [0.29, 0.717) is 29.7 Å². The van der Waals surface area contributed by atoms with Crippen LogP contribution >= 0.6 is 22.9 Å². The van der Waals surface area contributed by atoms with Gasteiger partial charge in [-0.05, 0) is 42.2 Å². The van der Waals surface area contributed by atoms with Crippen molar-refractivity contribution in [2.24, 2.45) is 11.3 Å². The molecule has 1 fully saturated rings. The average Bonchev–Trinajstić information content (AvgIpc) is 3.28. The maximum absolute atomic E-state index is 13.6. The van der Waals surface area contributed by atoms with Crippen LogP contribution in [0.25, 0.3) is 11.3 Å². The van der Waals surface area contributed by atoms with Crippen molar-refractivity contribution in [3.8, 4) is 11.3 Å². The van der Waals surface area contributed by atoms with E-state index < -0.39 is 17.1 Å². The smallest absolute Gasteiger partial charge is 0.245 e. The van der Waals surface area contributed by atoms with E-state index in [9.17, 15) is 9.90 Å². The maximum atomic E-state index is 13.6. The zero-order chi connectivity index (χ0) is 24.5. The van der Waals surface area contributed by atoms with E-state index >= 15 is 0 Å². The Balaban J connectivity index is 1.50. The number of nitrogens with one attached hydrogen (secondary N) is 1. The van der Waals surface area contributed by atoms with Crippen LogP contribution in [0.2, 0.25) is 5.02 Å². The number of carbonyl (C=O) groups is 1. The Bertz CT molecular complexity index is 1130. The lowest BCUT2D eigenvalue weighted by atomic mass is 9.66. The van der Waals surface area contributed by atoms with Crippen molar-refractivity contribution >= 4 is 34.0 Å². The predicted molar refractivity (Wildman–Crippen MR) is 138 cm³/mol. The standard InChI is InChI=1S/C26H31ClN4O2S/c1-17(2)22(30-24-29-21(15-34-24)18-6-5-12-28-14-18)23(32)31-13-11-26(33,25(3,4)16-31)19-7-9-20(27)10-8-19/h5-10,12,14-15,17,22,33H,11,13,16H2,1-4H3,(H,29,30)/t22-,26+/m1/s1. The average molecular weight is 499 g/mol. The largest absolute Gasteiger partial charge is 0.384 e. The first-order valence-corrected chi connectivity index (χ1v) is 12.8. The first-order valence-electron chi connectivity index (χ1n) is 11.5. The Labute approximate surface area is 210 Å². The third-order valence-corrected chi connectivity index (χ3v) is 7.78. The number of carbonyl (C=O) groups excluding carboxylic acids is 1. The second-order valence-electron chi connectivity index (χ2n) is 9.91. The summed E-state index contributed by atoms with van der Waals surface area (Å²) in [5, 5.41) is 18.3. The highest BCUT2D eigenvalue weighted by Crippen LogP contribution is 2.46. The van der Waals surface area contributed by atoms with Crippen LogP contribution in [-0.4, -0.2) is 45.0 Å². The highest BCUT2D eigenvalue weighted by Gasteiger charge is 2.50. The van der Waals surface area contributed by atoms with Gasteiger partial charge in [0.05, 0.1) is 11.3 Å². The van der Waals surface area contributed by atoms with E-state index in [1.807, 2.05) is 62.2 Å². The van der Waals surface area contributed by atoms with Gasteiger partial charge in [-0.15, -0.1) is 11.3 Å². The number of likely N-dealkylation sites (tertiary alicyclic amines) is 1. The summed E-state index contributed by atoms with van der Waals surface area (Å²) in [6, 6.07) is 10.8. The molecule has 1 aliphatic heterocycles. The molecule has 0 saturated carbocycles. The van der Waals surface area contributed by atoms with Crippen LogP contribution in [0.5, 0.6) is 0 Å². The Morgan fingerprint density at radius 2 is 1.97 bits per heavy atom. The summed E-state index contributed by atoms with van der Waals surface area (Å²) in [6.45, 7) is 9.02. The second kappa shape index (κ2) is 9.64. The summed E-state index contributed by atoms with van der Waals surface area (Å²) >= 11 is 7.53. The monoisotopic (exact) mass is 498 g/mol. The Morgan fingerprint density at radius 1 is 1.24 bits per heavy atom. The summed E-state index contributed by atoms with van der Waals surface area (Å²) in [5.74, 6) is 0.0952. The molecule has 2 atom stereocenters. The molecule has 0 aliphatic carbocycles. The van der Waals surface area contributed by atoms with E-state index in [0.717, 1.165) is 16.8 Å². The zero-order valence-corrected chi connectivity index (χ0v) is 21.5. The molecule has 2 aromatic heterocycles. The Hall–Kier alpha value is -2.48. The van der Waals surface area contributed by atoms with Crippen LogP contribution in [0.15, 0.2) is 54.2 Å². The molecule has 0 unspecified atom stereocenters. The quantitative estimate of drug-likeness (QED) is 0.473. The van der Waals surface area contributed by atoms with Crippen LogP contribution < -0.4 is 5.32 Å². The minimum atomic E-state index is -1.04. The molecule has 1 aliphatic rings. The number of hydrogen-bond acceptors (Lipinski definition) is 6. The number of hydrogen-bond donors (Lipinski definition) is 2. The first-order chi connectivity index (χ1) is 16.1. The summed E-state index contributed by atoms with van der Waals surface area (Å²) < 4.78 is 0. The summed E-state index contributed by atoms with van der Waals surface area (Å²) in [5.41, 5.74) is 1.04. The second-order valence-corrected chi connectivity index (χ2v) is 11.2. The van der Waals surface area contributed by atoms with E-state index in [-0.39, 0.29) is 11.8 Å². The number of nitrogens with zero attached hydrogens (tertiary/aromatic N) is 3. The van der Waals surface area contributed by atoms with Crippen molar-refractivity contribution in [1.82, 2.24) is 14.9 Å². The molecule has 0 bridgehead atoms. The maximum Gasteiger partial charge on any atom is 0.245 e. The molecule has 3 heterocycles. The van der Waals surface area contributed by atoms with Crippen LogP contribution in [0.3, 0.4) is 0 Å². The van der Waals surface area contributed by atoms with E-state index in [2.05, 4.69) is 15.3 Å². The normalized spacial score (nSPS) is 20.9.